The van der Waals surface area contributed by atoms with Crippen LogP contribution in [-0.2, 0) is 4.74 Å². The number of nitrogens with zero attached hydrogens (tertiary/aromatic N) is 1. The lowest BCUT2D eigenvalue weighted by Gasteiger charge is -2.34. The summed E-state index contributed by atoms with van der Waals surface area (Å²) in [6, 6.07) is 0.798. The predicted molar refractivity (Wildman–Crippen MR) is 60.6 cm³/mol. The molecule has 1 aliphatic rings. The fraction of sp³-hybridized carbons (Fsp3) is 1.00. The highest BCUT2D eigenvalue weighted by atomic mass is 16.5. The van der Waals surface area contributed by atoms with Crippen LogP contribution in [0.5, 0.6) is 0 Å². The molecule has 0 saturated heterocycles. The summed E-state index contributed by atoms with van der Waals surface area (Å²) < 4.78 is 5.83. The monoisotopic (exact) mass is 199 g/mol. The van der Waals surface area contributed by atoms with Crippen molar-refractivity contribution in [3.05, 3.63) is 0 Å². The highest BCUT2D eigenvalue weighted by molar-refractivity contribution is 4.78. The van der Waals surface area contributed by atoms with Gasteiger partial charge in [-0.1, -0.05) is 6.92 Å². The zero-order valence-corrected chi connectivity index (χ0v) is 10.1. The molecule has 0 amide bonds. The Bertz CT molecular complexity index is 150. The van der Waals surface area contributed by atoms with Gasteiger partial charge in [0.05, 0.1) is 12.2 Å². The Labute approximate surface area is 88.6 Å². The smallest absolute Gasteiger partial charge is 0.0579 e. The molecule has 0 radical (unpaired) electrons. The summed E-state index contributed by atoms with van der Waals surface area (Å²) in [7, 11) is 2.23. The van der Waals surface area contributed by atoms with Crippen molar-refractivity contribution in [2.24, 2.45) is 0 Å². The average molecular weight is 199 g/mol. The van der Waals surface area contributed by atoms with Crippen molar-refractivity contribution in [3.63, 3.8) is 0 Å². The SMILES string of the molecule is CCN(C)[C@H]1CC[C@@H](OC(C)C)CC1. The number of rotatable bonds is 4. The van der Waals surface area contributed by atoms with Crippen LogP contribution in [0.25, 0.3) is 0 Å². The van der Waals surface area contributed by atoms with Crippen molar-refractivity contribution in [2.45, 2.75) is 64.7 Å². The summed E-state index contributed by atoms with van der Waals surface area (Å²) >= 11 is 0. The second kappa shape index (κ2) is 5.72. The molecule has 0 spiro atoms. The maximum absolute atomic E-state index is 5.83. The quantitative estimate of drug-likeness (QED) is 0.690. The van der Waals surface area contributed by atoms with E-state index in [1.54, 1.807) is 0 Å². The van der Waals surface area contributed by atoms with Gasteiger partial charge in [0, 0.05) is 6.04 Å². The van der Waals surface area contributed by atoms with E-state index in [0.717, 1.165) is 6.04 Å². The van der Waals surface area contributed by atoms with Gasteiger partial charge in [-0.15, -0.1) is 0 Å². The third kappa shape index (κ3) is 3.58. The van der Waals surface area contributed by atoms with E-state index in [9.17, 15) is 0 Å². The van der Waals surface area contributed by atoms with Crippen LogP contribution in [0.3, 0.4) is 0 Å². The molecule has 0 aliphatic heterocycles. The second-order valence-corrected chi connectivity index (χ2v) is 4.69. The van der Waals surface area contributed by atoms with Gasteiger partial charge in [0.1, 0.15) is 0 Å². The molecule has 1 saturated carbocycles. The normalized spacial score (nSPS) is 28.7. The van der Waals surface area contributed by atoms with Gasteiger partial charge in [-0.05, 0) is 53.1 Å². The standard InChI is InChI=1S/C12H25NO/c1-5-13(4)11-6-8-12(9-7-11)14-10(2)3/h10-12H,5-9H2,1-4H3/t11-,12+. The summed E-state index contributed by atoms with van der Waals surface area (Å²) in [5, 5.41) is 0. The zero-order valence-electron chi connectivity index (χ0n) is 10.1. The number of ether oxygens (including phenoxy) is 1. The Hall–Kier alpha value is -0.0800. The molecule has 1 aliphatic carbocycles. The minimum Gasteiger partial charge on any atom is -0.376 e. The molecular weight excluding hydrogens is 174 g/mol. The molecule has 14 heavy (non-hydrogen) atoms. The fourth-order valence-corrected chi connectivity index (χ4v) is 2.27. The highest BCUT2D eigenvalue weighted by Crippen LogP contribution is 2.24. The fourth-order valence-electron chi connectivity index (χ4n) is 2.27. The van der Waals surface area contributed by atoms with Crippen molar-refractivity contribution >= 4 is 0 Å². The van der Waals surface area contributed by atoms with Crippen molar-refractivity contribution in [2.75, 3.05) is 13.6 Å². The first kappa shape index (κ1) is 12.0. The molecule has 0 bridgehead atoms. The van der Waals surface area contributed by atoms with Crippen molar-refractivity contribution < 1.29 is 4.74 Å². The van der Waals surface area contributed by atoms with Gasteiger partial charge in [0.2, 0.25) is 0 Å². The Balaban J connectivity index is 2.24. The van der Waals surface area contributed by atoms with Gasteiger partial charge < -0.3 is 9.64 Å². The number of hydrogen-bond donors (Lipinski definition) is 0. The lowest BCUT2D eigenvalue weighted by Crippen LogP contribution is -2.37. The van der Waals surface area contributed by atoms with E-state index in [-0.39, 0.29) is 0 Å². The summed E-state index contributed by atoms with van der Waals surface area (Å²) in [5.41, 5.74) is 0. The van der Waals surface area contributed by atoms with E-state index in [1.165, 1.54) is 32.2 Å². The zero-order chi connectivity index (χ0) is 10.6. The Morgan fingerprint density at radius 1 is 1.21 bits per heavy atom. The molecule has 0 N–H and O–H groups in total. The Morgan fingerprint density at radius 3 is 2.21 bits per heavy atom. The van der Waals surface area contributed by atoms with Gasteiger partial charge >= 0.3 is 0 Å². The first-order valence-electron chi connectivity index (χ1n) is 5.99. The molecule has 0 aromatic heterocycles. The van der Waals surface area contributed by atoms with Crippen LogP contribution in [0.1, 0.15) is 46.5 Å². The first-order valence-corrected chi connectivity index (χ1v) is 5.99. The molecule has 0 aromatic rings. The molecule has 2 nitrogen and oxygen atoms in total. The van der Waals surface area contributed by atoms with E-state index < -0.39 is 0 Å². The van der Waals surface area contributed by atoms with Crippen LogP contribution in [0.15, 0.2) is 0 Å². The van der Waals surface area contributed by atoms with Gasteiger partial charge in [0.15, 0.2) is 0 Å². The topological polar surface area (TPSA) is 12.5 Å². The van der Waals surface area contributed by atoms with E-state index in [4.69, 9.17) is 4.74 Å². The van der Waals surface area contributed by atoms with Crippen LogP contribution in [-0.4, -0.2) is 36.7 Å². The molecular formula is C12H25NO. The molecule has 84 valence electrons. The van der Waals surface area contributed by atoms with Crippen LogP contribution >= 0.6 is 0 Å². The summed E-state index contributed by atoms with van der Waals surface area (Å²) in [5.74, 6) is 0. The highest BCUT2D eigenvalue weighted by Gasteiger charge is 2.23. The molecule has 0 aromatic carbocycles. The molecule has 1 fully saturated rings. The predicted octanol–water partition coefficient (Wildman–Crippen LogP) is 2.67. The van der Waals surface area contributed by atoms with E-state index in [0.29, 0.717) is 12.2 Å². The van der Waals surface area contributed by atoms with Crippen molar-refractivity contribution in [3.8, 4) is 0 Å². The first-order chi connectivity index (χ1) is 6.63. The third-order valence-corrected chi connectivity index (χ3v) is 3.23. The molecule has 1 rings (SSSR count). The second-order valence-electron chi connectivity index (χ2n) is 4.69. The lowest BCUT2D eigenvalue weighted by atomic mass is 9.92. The molecule has 0 heterocycles. The van der Waals surface area contributed by atoms with Crippen molar-refractivity contribution in [1.82, 2.24) is 4.90 Å². The Morgan fingerprint density at radius 2 is 1.79 bits per heavy atom. The largest absolute Gasteiger partial charge is 0.376 e. The van der Waals surface area contributed by atoms with Crippen LogP contribution in [0.4, 0.5) is 0 Å². The average Bonchev–Trinajstić information content (AvgIpc) is 2.17. The van der Waals surface area contributed by atoms with Crippen LogP contribution < -0.4 is 0 Å². The minimum atomic E-state index is 0.389. The molecule has 0 atom stereocenters. The summed E-state index contributed by atoms with van der Waals surface area (Å²) in [6.45, 7) is 7.66. The van der Waals surface area contributed by atoms with Gasteiger partial charge in [-0.3, -0.25) is 0 Å². The molecule has 0 unspecified atom stereocenters. The van der Waals surface area contributed by atoms with E-state index in [2.05, 4.69) is 32.7 Å². The summed E-state index contributed by atoms with van der Waals surface area (Å²) in [6.07, 6.45) is 6.01. The van der Waals surface area contributed by atoms with Crippen molar-refractivity contribution in [1.29, 1.82) is 0 Å². The molecule has 2 heteroatoms. The van der Waals surface area contributed by atoms with Crippen LogP contribution in [0.2, 0.25) is 0 Å². The minimum absolute atomic E-state index is 0.389. The number of hydrogen-bond acceptors (Lipinski definition) is 2. The third-order valence-electron chi connectivity index (χ3n) is 3.23. The summed E-state index contributed by atoms with van der Waals surface area (Å²) in [4.78, 5) is 2.46. The van der Waals surface area contributed by atoms with E-state index >= 15 is 0 Å². The maximum Gasteiger partial charge on any atom is 0.0579 e. The van der Waals surface area contributed by atoms with E-state index in [1.807, 2.05) is 0 Å². The lowest BCUT2D eigenvalue weighted by molar-refractivity contribution is -0.0238. The van der Waals surface area contributed by atoms with Gasteiger partial charge in [0.25, 0.3) is 0 Å². The van der Waals surface area contributed by atoms with Gasteiger partial charge in [-0.25, -0.2) is 0 Å². The van der Waals surface area contributed by atoms with Crippen LogP contribution in [0, 0.1) is 0 Å². The van der Waals surface area contributed by atoms with Gasteiger partial charge in [-0.2, -0.15) is 0 Å². The Kier molecular flexibility index (Phi) is 4.90. The maximum atomic E-state index is 5.83.